The van der Waals surface area contributed by atoms with E-state index in [-0.39, 0.29) is 12.5 Å². The van der Waals surface area contributed by atoms with Crippen molar-refractivity contribution in [3.05, 3.63) is 36.0 Å². The van der Waals surface area contributed by atoms with E-state index in [1.54, 1.807) is 0 Å². The van der Waals surface area contributed by atoms with Crippen LogP contribution in [0.15, 0.2) is 30.5 Å². The van der Waals surface area contributed by atoms with Gasteiger partial charge in [-0.1, -0.05) is 18.2 Å². The Balaban J connectivity index is 1.76. The number of rotatable bonds is 7. The minimum atomic E-state index is -1.33. The maximum atomic E-state index is 11.6. The quantitative estimate of drug-likeness (QED) is 0.594. The third kappa shape index (κ3) is 4.06. The Hall–Kier alpha value is -2.34. The monoisotopic (exact) mass is 289 g/mol. The Morgan fingerprint density at radius 3 is 2.86 bits per heavy atom. The molecule has 1 unspecified atom stereocenters. The van der Waals surface area contributed by atoms with Crippen molar-refractivity contribution in [2.24, 2.45) is 5.73 Å². The number of amides is 2. The van der Waals surface area contributed by atoms with Crippen molar-refractivity contribution in [1.82, 2.24) is 10.3 Å². The summed E-state index contributed by atoms with van der Waals surface area (Å²) in [7, 11) is 0. The number of aliphatic hydroxyl groups is 1. The fourth-order valence-electron chi connectivity index (χ4n) is 2.18. The number of primary amides is 1. The lowest BCUT2D eigenvalue weighted by atomic mass is 10.1. The highest BCUT2D eigenvalue weighted by Crippen LogP contribution is 2.19. The van der Waals surface area contributed by atoms with Crippen LogP contribution in [0.5, 0.6) is 0 Å². The number of hydrogen-bond donors (Lipinski definition) is 4. The van der Waals surface area contributed by atoms with Crippen LogP contribution in [-0.4, -0.2) is 34.6 Å². The van der Waals surface area contributed by atoms with Crippen molar-refractivity contribution in [3.63, 3.8) is 0 Å². The van der Waals surface area contributed by atoms with Crippen LogP contribution in [0.25, 0.3) is 10.9 Å². The number of benzene rings is 1. The van der Waals surface area contributed by atoms with E-state index in [0.29, 0.717) is 12.8 Å². The molecule has 0 aliphatic rings. The maximum absolute atomic E-state index is 11.6. The smallest absolute Gasteiger partial charge is 0.248 e. The first-order valence-corrected chi connectivity index (χ1v) is 6.87. The van der Waals surface area contributed by atoms with Crippen molar-refractivity contribution in [3.8, 4) is 0 Å². The molecule has 1 aromatic carbocycles. The summed E-state index contributed by atoms with van der Waals surface area (Å²) >= 11 is 0. The summed E-state index contributed by atoms with van der Waals surface area (Å²) in [4.78, 5) is 25.4. The van der Waals surface area contributed by atoms with Crippen LogP contribution in [0.3, 0.4) is 0 Å². The fraction of sp³-hybridized carbons (Fsp3) is 0.333. The Kier molecular flexibility index (Phi) is 4.94. The number of nitrogens with two attached hydrogens (primary N) is 1. The Morgan fingerprint density at radius 2 is 2.10 bits per heavy atom. The number of H-pyrrole nitrogens is 1. The molecule has 0 fully saturated rings. The molecule has 1 heterocycles. The molecular weight excluding hydrogens is 270 g/mol. The number of aliphatic hydroxyl groups excluding tert-OH is 1. The fourth-order valence-corrected chi connectivity index (χ4v) is 2.18. The van der Waals surface area contributed by atoms with Crippen molar-refractivity contribution >= 4 is 22.7 Å². The lowest BCUT2D eigenvalue weighted by Gasteiger charge is -2.08. The van der Waals surface area contributed by atoms with Gasteiger partial charge in [0.25, 0.3) is 0 Å². The summed E-state index contributed by atoms with van der Waals surface area (Å²) in [5, 5.41) is 12.8. The van der Waals surface area contributed by atoms with Gasteiger partial charge in [-0.2, -0.15) is 0 Å². The molecule has 1 aromatic heterocycles. The largest absolute Gasteiger partial charge is 0.381 e. The summed E-state index contributed by atoms with van der Waals surface area (Å²) in [5.41, 5.74) is 7.16. The molecule has 6 nitrogen and oxygen atoms in total. The molecule has 112 valence electrons. The van der Waals surface area contributed by atoms with E-state index in [1.807, 2.05) is 30.5 Å². The third-order valence-corrected chi connectivity index (χ3v) is 3.35. The van der Waals surface area contributed by atoms with Crippen molar-refractivity contribution < 1.29 is 14.7 Å². The predicted octanol–water partition coefficient (Wildman–Crippen LogP) is 0.453. The number of aromatic amines is 1. The lowest BCUT2D eigenvalue weighted by Crippen LogP contribution is -2.39. The van der Waals surface area contributed by atoms with Crippen molar-refractivity contribution in [1.29, 1.82) is 0 Å². The predicted molar refractivity (Wildman–Crippen MR) is 79.4 cm³/mol. The average molecular weight is 289 g/mol. The van der Waals surface area contributed by atoms with Crippen LogP contribution in [0.4, 0.5) is 0 Å². The molecule has 5 N–H and O–H groups in total. The van der Waals surface area contributed by atoms with E-state index < -0.39 is 12.0 Å². The van der Waals surface area contributed by atoms with Crippen LogP contribution < -0.4 is 11.1 Å². The molecule has 0 radical (unpaired) electrons. The molecule has 1 atom stereocenters. The molecule has 2 aromatic rings. The summed E-state index contributed by atoms with van der Waals surface area (Å²) < 4.78 is 0. The van der Waals surface area contributed by atoms with Gasteiger partial charge < -0.3 is 21.1 Å². The molecule has 21 heavy (non-hydrogen) atoms. The second-order valence-electron chi connectivity index (χ2n) is 4.94. The van der Waals surface area contributed by atoms with Crippen LogP contribution in [0.1, 0.15) is 18.4 Å². The zero-order valence-corrected chi connectivity index (χ0v) is 11.6. The van der Waals surface area contributed by atoms with Gasteiger partial charge >= 0.3 is 0 Å². The molecule has 0 aliphatic heterocycles. The van der Waals surface area contributed by atoms with Crippen LogP contribution in [0, 0.1) is 0 Å². The summed E-state index contributed by atoms with van der Waals surface area (Å²) in [6.07, 6.45) is 2.45. The SMILES string of the molecule is NC(=O)C(O)CNC(=O)CCCc1c[nH]c2ccccc12. The normalized spacial score (nSPS) is 12.2. The van der Waals surface area contributed by atoms with Gasteiger partial charge in [-0.25, -0.2) is 0 Å². The topological polar surface area (TPSA) is 108 Å². The van der Waals surface area contributed by atoms with E-state index in [1.165, 1.54) is 10.9 Å². The van der Waals surface area contributed by atoms with Gasteiger partial charge in [0.05, 0.1) is 6.54 Å². The summed E-state index contributed by atoms with van der Waals surface area (Å²) in [6, 6.07) is 8.01. The number of aryl methyl sites for hydroxylation is 1. The number of para-hydroxylation sites is 1. The number of carbonyl (C=O) groups excluding carboxylic acids is 2. The lowest BCUT2D eigenvalue weighted by molar-refractivity contribution is -0.127. The van der Waals surface area contributed by atoms with Crippen molar-refractivity contribution in [2.75, 3.05) is 6.54 Å². The summed E-state index contributed by atoms with van der Waals surface area (Å²) in [5.74, 6) is -1.04. The first kappa shape index (κ1) is 15.1. The van der Waals surface area contributed by atoms with Crippen LogP contribution >= 0.6 is 0 Å². The van der Waals surface area contributed by atoms with E-state index in [9.17, 15) is 14.7 Å². The first-order chi connectivity index (χ1) is 10.1. The van der Waals surface area contributed by atoms with Gasteiger partial charge in [0, 0.05) is 23.5 Å². The molecule has 0 aliphatic carbocycles. The zero-order chi connectivity index (χ0) is 15.2. The van der Waals surface area contributed by atoms with Gasteiger partial charge in [-0.15, -0.1) is 0 Å². The van der Waals surface area contributed by atoms with E-state index in [4.69, 9.17) is 5.73 Å². The second-order valence-corrected chi connectivity index (χ2v) is 4.94. The highest BCUT2D eigenvalue weighted by atomic mass is 16.3. The number of carbonyl (C=O) groups is 2. The van der Waals surface area contributed by atoms with Crippen LogP contribution in [-0.2, 0) is 16.0 Å². The van der Waals surface area contributed by atoms with E-state index in [0.717, 1.165) is 11.9 Å². The molecule has 2 amide bonds. The van der Waals surface area contributed by atoms with Crippen LogP contribution in [0.2, 0.25) is 0 Å². The number of nitrogens with one attached hydrogen (secondary N) is 2. The number of aromatic nitrogens is 1. The van der Waals surface area contributed by atoms with Gasteiger partial charge in [0.1, 0.15) is 6.10 Å². The molecule has 6 heteroatoms. The third-order valence-electron chi connectivity index (χ3n) is 3.35. The molecule has 0 saturated heterocycles. The molecule has 0 spiro atoms. The number of hydrogen-bond acceptors (Lipinski definition) is 3. The maximum Gasteiger partial charge on any atom is 0.248 e. The highest BCUT2D eigenvalue weighted by molar-refractivity contribution is 5.83. The van der Waals surface area contributed by atoms with E-state index in [2.05, 4.69) is 10.3 Å². The van der Waals surface area contributed by atoms with E-state index >= 15 is 0 Å². The molecular formula is C15H19N3O3. The van der Waals surface area contributed by atoms with Gasteiger partial charge in [-0.05, 0) is 24.5 Å². The van der Waals surface area contributed by atoms with Crippen molar-refractivity contribution in [2.45, 2.75) is 25.4 Å². The highest BCUT2D eigenvalue weighted by Gasteiger charge is 2.12. The second kappa shape index (κ2) is 6.90. The Morgan fingerprint density at radius 1 is 1.33 bits per heavy atom. The Bertz CT molecular complexity index is 636. The number of fused-ring (bicyclic) bond motifs is 1. The van der Waals surface area contributed by atoms with Gasteiger partial charge in [0.2, 0.25) is 11.8 Å². The molecule has 2 rings (SSSR count). The average Bonchev–Trinajstić information content (AvgIpc) is 2.88. The first-order valence-electron chi connectivity index (χ1n) is 6.87. The van der Waals surface area contributed by atoms with Gasteiger partial charge in [0.15, 0.2) is 0 Å². The standard InChI is InChI=1S/C15H19N3O3/c16-15(21)13(19)9-18-14(20)7-3-4-10-8-17-12-6-2-1-5-11(10)12/h1-2,5-6,8,13,17,19H,3-4,7,9H2,(H2,16,21)(H,18,20). The summed E-state index contributed by atoms with van der Waals surface area (Å²) in [6.45, 7) is -0.138. The minimum absolute atomic E-state index is 0.138. The molecule has 0 bridgehead atoms. The Labute approximate surface area is 122 Å². The minimum Gasteiger partial charge on any atom is -0.381 e. The molecule has 0 saturated carbocycles. The van der Waals surface area contributed by atoms with Gasteiger partial charge in [-0.3, -0.25) is 9.59 Å². The zero-order valence-electron chi connectivity index (χ0n) is 11.6.